The number of nitrogens with one attached hydrogen (secondary N) is 1. The molecule has 3 nitrogen and oxygen atoms in total. The minimum absolute atomic E-state index is 0.594. The molecule has 17 heavy (non-hydrogen) atoms. The molecule has 0 saturated heterocycles. The molecule has 0 saturated carbocycles. The fraction of sp³-hybridized carbons (Fsp3) is 0. The van der Waals surface area contributed by atoms with Crippen molar-refractivity contribution in [2.45, 2.75) is 0 Å². The zero-order valence-electron chi connectivity index (χ0n) is 9.05. The average molecular weight is 222 g/mol. The number of aromatic amines is 1. The molecule has 1 N–H and O–H groups in total. The van der Waals surface area contributed by atoms with Crippen molar-refractivity contribution in [3.63, 3.8) is 0 Å². The first kappa shape index (κ1) is 9.78. The van der Waals surface area contributed by atoms with Crippen LogP contribution in [0.2, 0.25) is 0 Å². The van der Waals surface area contributed by atoms with Gasteiger partial charge in [0.25, 0.3) is 0 Å². The zero-order valence-corrected chi connectivity index (χ0v) is 9.05. The van der Waals surface area contributed by atoms with Crippen LogP contribution in [0.3, 0.4) is 0 Å². The highest BCUT2D eigenvalue weighted by atomic mass is 16.1. The molecule has 82 valence electrons. The van der Waals surface area contributed by atoms with Gasteiger partial charge in [-0.25, -0.2) is 4.98 Å². The number of benzene rings is 1. The molecule has 1 aromatic carbocycles. The molecule has 0 radical (unpaired) electrons. The van der Waals surface area contributed by atoms with Gasteiger partial charge in [0, 0.05) is 22.8 Å². The maximum atomic E-state index is 10.7. The van der Waals surface area contributed by atoms with Gasteiger partial charge in [-0.05, 0) is 17.7 Å². The van der Waals surface area contributed by atoms with Gasteiger partial charge in [-0.2, -0.15) is 0 Å². The van der Waals surface area contributed by atoms with E-state index in [1.807, 2.05) is 42.5 Å². The Labute approximate surface area is 98.1 Å². The largest absolute Gasteiger partial charge is 0.339 e. The number of nitrogens with zero attached hydrogens (tertiary/aromatic N) is 1. The molecule has 0 amide bonds. The summed E-state index contributed by atoms with van der Waals surface area (Å²) in [4.78, 5) is 18.1. The van der Waals surface area contributed by atoms with E-state index >= 15 is 0 Å². The van der Waals surface area contributed by atoms with Crippen LogP contribution in [0.25, 0.3) is 22.3 Å². The number of carbonyl (C=O) groups is 1. The van der Waals surface area contributed by atoms with Gasteiger partial charge in [0.1, 0.15) is 5.65 Å². The summed E-state index contributed by atoms with van der Waals surface area (Å²) in [6.45, 7) is 0. The van der Waals surface area contributed by atoms with Gasteiger partial charge in [-0.3, -0.25) is 4.79 Å². The molecule has 0 bridgehead atoms. The van der Waals surface area contributed by atoms with Gasteiger partial charge in [0.15, 0.2) is 6.29 Å². The second kappa shape index (κ2) is 3.87. The van der Waals surface area contributed by atoms with Crippen molar-refractivity contribution in [2.24, 2.45) is 0 Å². The fourth-order valence-corrected chi connectivity index (χ4v) is 1.87. The van der Waals surface area contributed by atoms with Crippen molar-refractivity contribution in [2.75, 3.05) is 0 Å². The maximum Gasteiger partial charge on any atom is 0.151 e. The molecule has 2 heterocycles. The predicted molar refractivity (Wildman–Crippen MR) is 66.9 cm³/mol. The second-order valence-electron chi connectivity index (χ2n) is 3.87. The topological polar surface area (TPSA) is 45.8 Å². The maximum absolute atomic E-state index is 10.7. The minimum Gasteiger partial charge on any atom is -0.339 e. The molecule has 3 rings (SSSR count). The summed E-state index contributed by atoms with van der Waals surface area (Å²) in [5.41, 5.74) is 3.51. The van der Waals surface area contributed by atoms with Crippen molar-refractivity contribution < 1.29 is 4.79 Å². The van der Waals surface area contributed by atoms with Crippen LogP contribution < -0.4 is 0 Å². The molecule has 0 aliphatic rings. The van der Waals surface area contributed by atoms with E-state index < -0.39 is 0 Å². The zero-order chi connectivity index (χ0) is 11.7. The second-order valence-corrected chi connectivity index (χ2v) is 3.87. The third kappa shape index (κ3) is 1.72. The number of hydrogen-bond acceptors (Lipinski definition) is 2. The Morgan fingerprint density at radius 3 is 2.71 bits per heavy atom. The number of pyridine rings is 1. The SMILES string of the molecule is O=Cc1cnc2[nH]c(-c3ccccc3)cc2c1. The number of carbonyl (C=O) groups excluding carboxylic acids is 1. The molecule has 0 atom stereocenters. The van der Waals surface area contributed by atoms with Crippen LogP contribution in [0.1, 0.15) is 10.4 Å². The highest BCUT2D eigenvalue weighted by Gasteiger charge is 2.04. The quantitative estimate of drug-likeness (QED) is 0.677. The van der Waals surface area contributed by atoms with Crippen molar-refractivity contribution in [3.05, 3.63) is 54.2 Å². The standard InChI is InChI=1S/C14H10N2O/c17-9-10-6-12-7-13(16-14(12)15-8-10)11-4-2-1-3-5-11/h1-9H,(H,15,16). The Bertz CT molecular complexity index is 671. The Hall–Kier alpha value is -2.42. The van der Waals surface area contributed by atoms with Gasteiger partial charge in [0.05, 0.1) is 0 Å². The number of aromatic nitrogens is 2. The highest BCUT2D eigenvalue weighted by Crippen LogP contribution is 2.22. The molecule has 0 spiro atoms. The summed E-state index contributed by atoms with van der Waals surface area (Å²) in [6.07, 6.45) is 2.38. The summed E-state index contributed by atoms with van der Waals surface area (Å²) in [5.74, 6) is 0. The third-order valence-corrected chi connectivity index (χ3v) is 2.71. The van der Waals surface area contributed by atoms with Crippen LogP contribution in [-0.2, 0) is 0 Å². The van der Waals surface area contributed by atoms with E-state index in [2.05, 4.69) is 9.97 Å². The number of hydrogen-bond donors (Lipinski definition) is 1. The molecule has 0 aliphatic carbocycles. The first-order chi connectivity index (χ1) is 8.36. The molecule has 2 aromatic heterocycles. The van der Waals surface area contributed by atoms with Crippen LogP contribution in [0.5, 0.6) is 0 Å². The monoisotopic (exact) mass is 222 g/mol. The van der Waals surface area contributed by atoms with E-state index in [-0.39, 0.29) is 0 Å². The van der Waals surface area contributed by atoms with Gasteiger partial charge < -0.3 is 4.98 Å². The lowest BCUT2D eigenvalue weighted by molar-refractivity contribution is 0.112. The predicted octanol–water partition coefficient (Wildman–Crippen LogP) is 3.04. The highest BCUT2D eigenvalue weighted by molar-refractivity contribution is 5.87. The molecule has 0 unspecified atom stereocenters. The van der Waals surface area contributed by atoms with Gasteiger partial charge in [0.2, 0.25) is 0 Å². The van der Waals surface area contributed by atoms with E-state index in [0.29, 0.717) is 5.56 Å². The van der Waals surface area contributed by atoms with E-state index in [9.17, 15) is 4.79 Å². The lowest BCUT2D eigenvalue weighted by Gasteiger charge is -1.94. The Morgan fingerprint density at radius 2 is 1.94 bits per heavy atom. The summed E-state index contributed by atoms with van der Waals surface area (Å²) >= 11 is 0. The molecule has 0 aliphatic heterocycles. The van der Waals surface area contributed by atoms with Crippen molar-refractivity contribution in [3.8, 4) is 11.3 Å². The first-order valence-electron chi connectivity index (χ1n) is 5.36. The van der Waals surface area contributed by atoms with Gasteiger partial charge in [-0.1, -0.05) is 30.3 Å². The van der Waals surface area contributed by atoms with Crippen LogP contribution >= 0.6 is 0 Å². The summed E-state index contributed by atoms with van der Waals surface area (Å²) in [7, 11) is 0. The lowest BCUT2D eigenvalue weighted by atomic mass is 10.1. The molecular formula is C14H10N2O. The van der Waals surface area contributed by atoms with Crippen molar-refractivity contribution in [1.29, 1.82) is 0 Å². The van der Waals surface area contributed by atoms with Gasteiger partial charge in [-0.15, -0.1) is 0 Å². The summed E-state index contributed by atoms with van der Waals surface area (Å²) in [6, 6.07) is 13.9. The number of aldehydes is 1. The fourth-order valence-electron chi connectivity index (χ4n) is 1.87. The summed E-state index contributed by atoms with van der Waals surface area (Å²) in [5, 5.41) is 0.952. The molecule has 3 heteroatoms. The van der Waals surface area contributed by atoms with Crippen molar-refractivity contribution >= 4 is 17.3 Å². The number of fused-ring (bicyclic) bond motifs is 1. The third-order valence-electron chi connectivity index (χ3n) is 2.71. The minimum atomic E-state index is 0.594. The lowest BCUT2D eigenvalue weighted by Crippen LogP contribution is -1.82. The van der Waals surface area contributed by atoms with Crippen LogP contribution in [0, 0.1) is 0 Å². The van der Waals surface area contributed by atoms with E-state index in [1.165, 1.54) is 0 Å². The average Bonchev–Trinajstić information content (AvgIpc) is 2.82. The normalized spacial score (nSPS) is 10.6. The molecule has 0 fully saturated rings. The first-order valence-corrected chi connectivity index (χ1v) is 5.36. The smallest absolute Gasteiger partial charge is 0.151 e. The Morgan fingerprint density at radius 1 is 1.12 bits per heavy atom. The number of rotatable bonds is 2. The molecule has 3 aromatic rings. The Balaban J connectivity index is 2.17. The van der Waals surface area contributed by atoms with Crippen LogP contribution in [0.4, 0.5) is 0 Å². The van der Waals surface area contributed by atoms with Crippen LogP contribution in [0.15, 0.2) is 48.7 Å². The van der Waals surface area contributed by atoms with Gasteiger partial charge >= 0.3 is 0 Å². The van der Waals surface area contributed by atoms with E-state index in [4.69, 9.17) is 0 Å². The van der Waals surface area contributed by atoms with Crippen molar-refractivity contribution in [1.82, 2.24) is 9.97 Å². The summed E-state index contributed by atoms with van der Waals surface area (Å²) < 4.78 is 0. The van der Waals surface area contributed by atoms with E-state index in [0.717, 1.165) is 28.6 Å². The van der Waals surface area contributed by atoms with Crippen LogP contribution in [-0.4, -0.2) is 16.3 Å². The van der Waals surface area contributed by atoms with E-state index in [1.54, 1.807) is 6.20 Å². The number of H-pyrrole nitrogens is 1. The Kier molecular flexibility index (Phi) is 2.22. The molecular weight excluding hydrogens is 212 g/mol.